The first-order valence-electron chi connectivity index (χ1n) is 6.53. The van der Waals surface area contributed by atoms with Crippen molar-refractivity contribution in [3.8, 4) is 6.07 Å². The summed E-state index contributed by atoms with van der Waals surface area (Å²) in [5.74, 6) is 2.88. The van der Waals surface area contributed by atoms with Crippen molar-refractivity contribution in [2.24, 2.45) is 0 Å². The molecule has 21 heavy (non-hydrogen) atoms. The Labute approximate surface area is 127 Å². The third kappa shape index (κ3) is 3.92. The van der Waals surface area contributed by atoms with Crippen molar-refractivity contribution >= 4 is 17.6 Å². The van der Waals surface area contributed by atoms with Gasteiger partial charge in [0.2, 0.25) is 5.89 Å². The van der Waals surface area contributed by atoms with Gasteiger partial charge in [-0.3, -0.25) is 0 Å². The highest BCUT2D eigenvalue weighted by molar-refractivity contribution is 7.99. The molecule has 7 nitrogen and oxygen atoms in total. The van der Waals surface area contributed by atoms with Crippen LogP contribution in [0.25, 0.3) is 0 Å². The van der Waals surface area contributed by atoms with E-state index < -0.39 is 0 Å². The molecule has 2 aromatic rings. The SMILES string of the molecule is CCSC(C)c1noc(CN(C)c2ccc(C#N)nn2)n1. The first kappa shape index (κ1) is 15.3. The third-order valence-corrected chi connectivity index (χ3v) is 3.84. The van der Waals surface area contributed by atoms with Crippen molar-refractivity contribution in [1.82, 2.24) is 20.3 Å². The Morgan fingerprint density at radius 3 is 2.86 bits per heavy atom. The summed E-state index contributed by atoms with van der Waals surface area (Å²) < 4.78 is 5.25. The maximum absolute atomic E-state index is 8.70. The lowest BCUT2D eigenvalue weighted by Crippen LogP contribution is -2.18. The number of aromatic nitrogens is 4. The molecule has 2 heterocycles. The number of nitrogens with zero attached hydrogens (tertiary/aromatic N) is 6. The number of rotatable bonds is 6. The molecule has 0 aliphatic rings. The highest BCUT2D eigenvalue weighted by Gasteiger charge is 2.15. The van der Waals surface area contributed by atoms with Crippen LogP contribution in [-0.2, 0) is 6.54 Å². The molecule has 0 saturated carbocycles. The monoisotopic (exact) mass is 304 g/mol. The molecule has 1 atom stereocenters. The lowest BCUT2D eigenvalue weighted by Gasteiger charge is -2.14. The fourth-order valence-corrected chi connectivity index (χ4v) is 2.44. The second-order valence-electron chi connectivity index (χ2n) is 4.39. The summed E-state index contributed by atoms with van der Waals surface area (Å²) in [6.45, 7) is 4.59. The van der Waals surface area contributed by atoms with Gasteiger partial charge in [0, 0.05) is 7.05 Å². The summed E-state index contributed by atoms with van der Waals surface area (Å²) in [6.07, 6.45) is 0. The molecule has 8 heteroatoms. The first-order chi connectivity index (χ1) is 10.1. The summed E-state index contributed by atoms with van der Waals surface area (Å²) in [7, 11) is 1.85. The van der Waals surface area contributed by atoms with Crippen LogP contribution in [0.2, 0.25) is 0 Å². The Bertz CT molecular complexity index is 620. The molecule has 0 N–H and O–H groups in total. The zero-order valence-corrected chi connectivity index (χ0v) is 13.0. The Balaban J connectivity index is 2.02. The van der Waals surface area contributed by atoms with Gasteiger partial charge in [-0.1, -0.05) is 12.1 Å². The molecule has 0 radical (unpaired) electrons. The van der Waals surface area contributed by atoms with E-state index in [1.807, 2.05) is 18.0 Å². The van der Waals surface area contributed by atoms with E-state index in [1.165, 1.54) is 0 Å². The van der Waals surface area contributed by atoms with E-state index >= 15 is 0 Å². The minimum absolute atomic E-state index is 0.215. The van der Waals surface area contributed by atoms with Crippen molar-refractivity contribution < 1.29 is 4.52 Å². The molecule has 0 saturated heterocycles. The van der Waals surface area contributed by atoms with Gasteiger partial charge in [-0.2, -0.15) is 22.0 Å². The predicted molar refractivity (Wildman–Crippen MR) is 79.7 cm³/mol. The molecular weight excluding hydrogens is 288 g/mol. The quantitative estimate of drug-likeness (QED) is 0.802. The Hall–Kier alpha value is -2.14. The smallest absolute Gasteiger partial charge is 0.246 e. The molecule has 0 aliphatic carbocycles. The Morgan fingerprint density at radius 2 is 2.24 bits per heavy atom. The molecule has 0 bridgehead atoms. The maximum atomic E-state index is 8.70. The van der Waals surface area contributed by atoms with E-state index in [9.17, 15) is 0 Å². The first-order valence-corrected chi connectivity index (χ1v) is 7.58. The summed E-state index contributed by atoms with van der Waals surface area (Å²) in [5.41, 5.74) is 0.289. The summed E-state index contributed by atoms with van der Waals surface area (Å²) in [5, 5.41) is 20.7. The van der Waals surface area contributed by atoms with Crippen LogP contribution in [0.15, 0.2) is 16.7 Å². The average Bonchev–Trinajstić information content (AvgIpc) is 2.96. The minimum Gasteiger partial charge on any atom is -0.349 e. The van der Waals surface area contributed by atoms with Crippen LogP contribution < -0.4 is 4.90 Å². The van der Waals surface area contributed by atoms with Crippen molar-refractivity contribution in [1.29, 1.82) is 5.26 Å². The fraction of sp³-hybridized carbons (Fsp3) is 0.462. The van der Waals surface area contributed by atoms with Gasteiger partial charge >= 0.3 is 0 Å². The van der Waals surface area contributed by atoms with Crippen LogP contribution in [0.3, 0.4) is 0 Å². The van der Waals surface area contributed by atoms with Crippen LogP contribution in [0.4, 0.5) is 5.82 Å². The lowest BCUT2D eigenvalue weighted by atomic mass is 10.4. The van der Waals surface area contributed by atoms with Gasteiger partial charge in [0.1, 0.15) is 6.07 Å². The standard InChI is InChI=1S/C13H16N6OS/c1-4-21-9(2)13-15-12(20-18-13)8-19(3)11-6-5-10(7-14)16-17-11/h5-6,9H,4,8H2,1-3H3. The lowest BCUT2D eigenvalue weighted by molar-refractivity contribution is 0.372. The van der Waals surface area contributed by atoms with E-state index in [2.05, 4.69) is 34.2 Å². The zero-order chi connectivity index (χ0) is 15.2. The van der Waals surface area contributed by atoms with Crippen molar-refractivity contribution in [2.45, 2.75) is 25.6 Å². The van der Waals surface area contributed by atoms with Crippen molar-refractivity contribution in [3.63, 3.8) is 0 Å². The molecule has 1 unspecified atom stereocenters. The molecular formula is C13H16N6OS. The van der Waals surface area contributed by atoms with Gasteiger partial charge in [0.15, 0.2) is 17.3 Å². The topological polar surface area (TPSA) is 91.7 Å². The van der Waals surface area contributed by atoms with Crippen LogP contribution >= 0.6 is 11.8 Å². The van der Waals surface area contributed by atoms with E-state index in [1.54, 1.807) is 23.9 Å². The number of thioether (sulfide) groups is 1. The van der Waals surface area contributed by atoms with Gasteiger partial charge in [-0.05, 0) is 24.8 Å². The zero-order valence-electron chi connectivity index (χ0n) is 12.1. The normalized spacial score (nSPS) is 11.9. The van der Waals surface area contributed by atoms with Crippen molar-refractivity contribution in [3.05, 3.63) is 29.5 Å². The van der Waals surface area contributed by atoms with Crippen LogP contribution in [0.1, 0.15) is 36.5 Å². The van der Waals surface area contributed by atoms with Crippen LogP contribution in [-0.4, -0.2) is 33.1 Å². The molecule has 0 aromatic carbocycles. The highest BCUT2D eigenvalue weighted by atomic mass is 32.2. The summed E-state index contributed by atoms with van der Waals surface area (Å²) >= 11 is 1.77. The third-order valence-electron chi connectivity index (χ3n) is 2.79. The van der Waals surface area contributed by atoms with Gasteiger partial charge in [-0.15, -0.1) is 10.2 Å². The fourth-order valence-electron chi connectivity index (χ4n) is 1.69. The molecule has 2 rings (SSSR count). The van der Waals surface area contributed by atoms with Gasteiger partial charge in [0.05, 0.1) is 11.8 Å². The molecule has 110 valence electrons. The molecule has 0 amide bonds. The number of anilines is 1. The molecule has 0 fully saturated rings. The Kier molecular flexibility index (Phi) is 5.11. The van der Waals surface area contributed by atoms with Gasteiger partial charge in [0.25, 0.3) is 0 Å². The highest BCUT2D eigenvalue weighted by Crippen LogP contribution is 2.25. The van der Waals surface area contributed by atoms with Crippen LogP contribution in [0, 0.1) is 11.3 Å². The second-order valence-corrected chi connectivity index (χ2v) is 6.01. The van der Waals surface area contributed by atoms with E-state index in [4.69, 9.17) is 9.78 Å². The molecule has 0 spiro atoms. The van der Waals surface area contributed by atoms with Gasteiger partial charge < -0.3 is 9.42 Å². The van der Waals surface area contributed by atoms with E-state index in [-0.39, 0.29) is 10.9 Å². The van der Waals surface area contributed by atoms with E-state index in [0.29, 0.717) is 24.1 Å². The predicted octanol–water partition coefficient (Wildman–Crippen LogP) is 2.18. The Morgan fingerprint density at radius 1 is 1.43 bits per heavy atom. The summed E-state index contributed by atoms with van der Waals surface area (Å²) in [4.78, 5) is 6.22. The van der Waals surface area contributed by atoms with Crippen molar-refractivity contribution in [2.75, 3.05) is 17.7 Å². The largest absolute Gasteiger partial charge is 0.349 e. The number of nitriles is 1. The number of hydrogen-bond acceptors (Lipinski definition) is 8. The second kappa shape index (κ2) is 7.04. The average molecular weight is 304 g/mol. The summed E-state index contributed by atoms with van der Waals surface area (Å²) in [6, 6.07) is 5.29. The maximum Gasteiger partial charge on any atom is 0.246 e. The van der Waals surface area contributed by atoms with E-state index in [0.717, 1.165) is 5.75 Å². The van der Waals surface area contributed by atoms with Crippen LogP contribution in [0.5, 0.6) is 0 Å². The van der Waals surface area contributed by atoms with Gasteiger partial charge in [-0.25, -0.2) is 0 Å². The molecule has 0 aliphatic heterocycles. The molecule has 2 aromatic heterocycles. The minimum atomic E-state index is 0.215. The number of hydrogen-bond donors (Lipinski definition) is 0.